The first-order valence-electron chi connectivity index (χ1n) is 5.93. The molecular weight excluding hydrogens is 266 g/mol. The highest BCUT2D eigenvalue weighted by Gasteiger charge is 2.32. The van der Waals surface area contributed by atoms with Crippen molar-refractivity contribution in [3.05, 3.63) is 20.7 Å². The molecule has 1 fully saturated rings. The summed E-state index contributed by atoms with van der Waals surface area (Å²) in [6, 6.07) is 2.66. The zero-order valence-electron chi connectivity index (χ0n) is 10.8. The molecule has 0 amide bonds. The predicted molar refractivity (Wildman–Crippen MR) is 71.0 cm³/mol. The summed E-state index contributed by atoms with van der Waals surface area (Å²) in [5, 5.41) is 15.3. The minimum Gasteiger partial charge on any atom is -0.296 e. The molecule has 1 atom stereocenters. The van der Waals surface area contributed by atoms with Crippen molar-refractivity contribution in [3.63, 3.8) is 0 Å². The zero-order chi connectivity index (χ0) is 14.0. The van der Waals surface area contributed by atoms with E-state index in [1.165, 1.54) is 16.4 Å². The average Bonchev–Trinajstić information content (AvgIpc) is 3.16. The maximum atomic E-state index is 11.2. The maximum Gasteiger partial charge on any atom is 0.339 e. The summed E-state index contributed by atoms with van der Waals surface area (Å²) in [5.41, 5.74) is -2.22. The van der Waals surface area contributed by atoms with Crippen LogP contribution in [0.2, 0.25) is 0 Å². The second-order valence-corrected chi connectivity index (χ2v) is 5.79. The largest absolute Gasteiger partial charge is 0.339 e. The summed E-state index contributed by atoms with van der Waals surface area (Å²) in [6.45, 7) is 1.82. The molecule has 8 heteroatoms. The van der Waals surface area contributed by atoms with Crippen molar-refractivity contribution in [2.45, 2.75) is 36.5 Å². The molecular formula is C11H15N5O2S. The van der Waals surface area contributed by atoms with Crippen LogP contribution in [0.3, 0.4) is 0 Å². The van der Waals surface area contributed by atoms with E-state index in [1.807, 2.05) is 6.92 Å². The van der Waals surface area contributed by atoms with E-state index >= 15 is 0 Å². The normalized spacial score (nSPS) is 17.7. The van der Waals surface area contributed by atoms with Gasteiger partial charge in [-0.15, -0.1) is 0 Å². The number of aromatic nitrogens is 3. The monoisotopic (exact) mass is 281 g/mol. The van der Waals surface area contributed by atoms with Gasteiger partial charge in [-0.05, 0) is 19.8 Å². The fraction of sp³-hybridized carbons (Fsp3) is 0.636. The molecule has 1 saturated carbocycles. The number of nitriles is 1. The molecule has 1 unspecified atom stereocenters. The second-order valence-electron chi connectivity index (χ2n) is 4.85. The number of rotatable bonds is 5. The van der Waals surface area contributed by atoms with E-state index in [2.05, 4.69) is 21.5 Å². The standard InChI is InChI=1S/C11H15N5O2S/c1-11(5-12,14-7-3-4-7)6-19-10-13-8(17)9(18)15-16(10)2/h7,14H,3-4,6H2,1-2H3,(H,15,18). The topological polar surface area (TPSA) is 104 Å². The van der Waals surface area contributed by atoms with Crippen LogP contribution in [-0.2, 0) is 7.05 Å². The van der Waals surface area contributed by atoms with Crippen LogP contribution in [0.1, 0.15) is 19.8 Å². The van der Waals surface area contributed by atoms with Gasteiger partial charge >= 0.3 is 11.1 Å². The van der Waals surface area contributed by atoms with Gasteiger partial charge in [-0.3, -0.25) is 24.7 Å². The Morgan fingerprint density at radius 1 is 1.63 bits per heavy atom. The van der Waals surface area contributed by atoms with E-state index in [1.54, 1.807) is 7.05 Å². The lowest BCUT2D eigenvalue weighted by atomic mass is 10.1. The lowest BCUT2D eigenvalue weighted by molar-refractivity contribution is 0.489. The Morgan fingerprint density at radius 2 is 2.32 bits per heavy atom. The van der Waals surface area contributed by atoms with Crippen LogP contribution < -0.4 is 16.4 Å². The van der Waals surface area contributed by atoms with E-state index in [0.717, 1.165) is 12.8 Å². The van der Waals surface area contributed by atoms with Crippen molar-refractivity contribution in [2.75, 3.05) is 5.75 Å². The summed E-state index contributed by atoms with van der Waals surface area (Å²) in [6.07, 6.45) is 2.19. The van der Waals surface area contributed by atoms with Crippen LogP contribution in [-0.4, -0.2) is 32.1 Å². The number of aryl methyl sites for hydroxylation is 1. The Hall–Kier alpha value is -1.59. The van der Waals surface area contributed by atoms with Gasteiger partial charge in [0.05, 0.1) is 6.07 Å². The Kier molecular flexibility index (Phi) is 3.78. The molecule has 1 aliphatic carbocycles. The van der Waals surface area contributed by atoms with E-state index in [9.17, 15) is 14.9 Å². The van der Waals surface area contributed by atoms with Crippen molar-refractivity contribution in [2.24, 2.45) is 7.05 Å². The molecule has 19 heavy (non-hydrogen) atoms. The van der Waals surface area contributed by atoms with Gasteiger partial charge in [-0.25, -0.2) is 0 Å². The van der Waals surface area contributed by atoms with Crippen LogP contribution in [0.5, 0.6) is 0 Å². The smallest absolute Gasteiger partial charge is 0.296 e. The van der Waals surface area contributed by atoms with E-state index < -0.39 is 16.7 Å². The number of hydrogen-bond donors (Lipinski definition) is 2. The summed E-state index contributed by atoms with van der Waals surface area (Å²) in [5.74, 6) is 0.451. The predicted octanol–water partition coefficient (Wildman–Crippen LogP) is -0.405. The Balaban J connectivity index is 2.09. The first-order valence-corrected chi connectivity index (χ1v) is 6.91. The van der Waals surface area contributed by atoms with Gasteiger partial charge in [-0.1, -0.05) is 11.8 Å². The van der Waals surface area contributed by atoms with Gasteiger partial charge in [0.25, 0.3) is 0 Å². The summed E-state index contributed by atoms with van der Waals surface area (Å²) in [7, 11) is 1.61. The highest BCUT2D eigenvalue weighted by Crippen LogP contribution is 2.25. The van der Waals surface area contributed by atoms with Crippen LogP contribution in [0.4, 0.5) is 0 Å². The molecule has 7 nitrogen and oxygen atoms in total. The molecule has 0 aromatic carbocycles. The van der Waals surface area contributed by atoms with E-state index in [-0.39, 0.29) is 0 Å². The second kappa shape index (κ2) is 5.19. The van der Waals surface area contributed by atoms with Crippen molar-refractivity contribution >= 4 is 11.8 Å². The molecule has 1 aliphatic rings. The zero-order valence-corrected chi connectivity index (χ0v) is 11.6. The van der Waals surface area contributed by atoms with Gasteiger partial charge in [0.1, 0.15) is 5.54 Å². The SMILES string of the molecule is Cn1[nH]c(=O)c(=O)nc1SCC(C)(C#N)NC1CC1. The molecule has 1 heterocycles. The van der Waals surface area contributed by atoms with Crippen LogP contribution in [0.15, 0.2) is 14.7 Å². The molecule has 0 bridgehead atoms. The van der Waals surface area contributed by atoms with E-state index in [0.29, 0.717) is 17.0 Å². The van der Waals surface area contributed by atoms with Crippen molar-refractivity contribution in [1.82, 2.24) is 20.1 Å². The van der Waals surface area contributed by atoms with Gasteiger partial charge in [0.2, 0.25) is 0 Å². The number of thioether (sulfide) groups is 1. The molecule has 102 valence electrons. The highest BCUT2D eigenvalue weighted by molar-refractivity contribution is 7.99. The first-order chi connectivity index (χ1) is 8.93. The van der Waals surface area contributed by atoms with Gasteiger partial charge < -0.3 is 0 Å². The van der Waals surface area contributed by atoms with Crippen LogP contribution >= 0.6 is 11.8 Å². The third kappa shape index (κ3) is 3.45. The lowest BCUT2D eigenvalue weighted by Gasteiger charge is -2.22. The quantitative estimate of drug-likeness (QED) is 0.562. The molecule has 0 radical (unpaired) electrons. The van der Waals surface area contributed by atoms with Gasteiger partial charge in [0, 0.05) is 18.8 Å². The minimum absolute atomic E-state index is 0.392. The molecule has 1 aromatic heterocycles. The molecule has 0 spiro atoms. The summed E-state index contributed by atoms with van der Waals surface area (Å²) in [4.78, 5) is 26.0. The van der Waals surface area contributed by atoms with Gasteiger partial charge in [0.15, 0.2) is 5.16 Å². The minimum atomic E-state index is -0.811. The first kappa shape index (κ1) is 13.8. The maximum absolute atomic E-state index is 11.2. The molecule has 0 saturated heterocycles. The Labute approximate surface area is 114 Å². The fourth-order valence-electron chi connectivity index (χ4n) is 1.58. The lowest BCUT2D eigenvalue weighted by Crippen LogP contribution is -2.45. The third-order valence-corrected chi connectivity index (χ3v) is 4.13. The van der Waals surface area contributed by atoms with Crippen molar-refractivity contribution in [1.29, 1.82) is 5.26 Å². The van der Waals surface area contributed by atoms with E-state index in [4.69, 9.17) is 0 Å². The highest BCUT2D eigenvalue weighted by atomic mass is 32.2. The average molecular weight is 281 g/mol. The molecule has 2 rings (SSSR count). The summed E-state index contributed by atoms with van der Waals surface area (Å²) >= 11 is 1.27. The van der Waals surface area contributed by atoms with Crippen molar-refractivity contribution in [3.8, 4) is 6.07 Å². The molecule has 2 N–H and O–H groups in total. The number of nitrogens with zero attached hydrogens (tertiary/aromatic N) is 3. The number of aromatic amines is 1. The number of hydrogen-bond acceptors (Lipinski definition) is 6. The molecule has 1 aromatic rings. The van der Waals surface area contributed by atoms with Crippen LogP contribution in [0, 0.1) is 11.3 Å². The summed E-state index contributed by atoms with van der Waals surface area (Å²) < 4.78 is 1.39. The van der Waals surface area contributed by atoms with Gasteiger partial charge in [-0.2, -0.15) is 10.2 Å². The van der Waals surface area contributed by atoms with Crippen LogP contribution in [0.25, 0.3) is 0 Å². The molecule has 0 aliphatic heterocycles. The Bertz CT molecular complexity index is 627. The van der Waals surface area contributed by atoms with Crippen molar-refractivity contribution < 1.29 is 0 Å². The Morgan fingerprint density at radius 3 is 2.89 bits per heavy atom. The third-order valence-electron chi connectivity index (χ3n) is 2.78. The fourth-order valence-corrected chi connectivity index (χ4v) is 2.54. The number of H-pyrrole nitrogens is 1. The number of nitrogens with one attached hydrogen (secondary N) is 2.